The van der Waals surface area contributed by atoms with E-state index in [1.807, 2.05) is 24.4 Å². The van der Waals surface area contributed by atoms with E-state index in [2.05, 4.69) is 5.32 Å². The van der Waals surface area contributed by atoms with E-state index in [0.717, 1.165) is 16.9 Å². The van der Waals surface area contributed by atoms with Crippen molar-refractivity contribution >= 4 is 17.2 Å². The van der Waals surface area contributed by atoms with Crippen molar-refractivity contribution in [1.82, 2.24) is 5.32 Å². The van der Waals surface area contributed by atoms with Crippen molar-refractivity contribution in [2.75, 3.05) is 0 Å². The first-order valence-corrected chi connectivity index (χ1v) is 7.85. The van der Waals surface area contributed by atoms with Gasteiger partial charge in [-0.2, -0.15) is 0 Å². The summed E-state index contributed by atoms with van der Waals surface area (Å²) >= 11 is 1.63. The molecule has 0 aliphatic rings. The molecule has 2 aromatic rings. The van der Waals surface area contributed by atoms with Gasteiger partial charge < -0.3 is 16.2 Å². The van der Waals surface area contributed by atoms with Gasteiger partial charge in [-0.25, -0.2) is 0 Å². The van der Waals surface area contributed by atoms with Gasteiger partial charge in [-0.3, -0.25) is 4.79 Å². The summed E-state index contributed by atoms with van der Waals surface area (Å²) in [4.78, 5) is 13.3. The highest BCUT2D eigenvalue weighted by atomic mass is 32.1. The minimum Gasteiger partial charge on any atom is -0.508 e. The lowest BCUT2D eigenvalue weighted by Crippen LogP contribution is -2.43. The molecule has 0 bridgehead atoms. The van der Waals surface area contributed by atoms with Gasteiger partial charge in [-0.1, -0.05) is 25.1 Å². The van der Waals surface area contributed by atoms with Gasteiger partial charge in [0, 0.05) is 4.88 Å². The second kappa shape index (κ2) is 7.24. The zero-order valence-corrected chi connectivity index (χ0v) is 12.8. The summed E-state index contributed by atoms with van der Waals surface area (Å²) in [5.74, 6) is 0.0591. The lowest BCUT2D eigenvalue weighted by Gasteiger charge is -2.19. The van der Waals surface area contributed by atoms with Crippen LogP contribution in [0.3, 0.4) is 0 Å². The quantitative estimate of drug-likeness (QED) is 0.768. The number of phenols is 1. The van der Waals surface area contributed by atoms with Crippen LogP contribution < -0.4 is 11.1 Å². The third-order valence-corrected chi connectivity index (χ3v) is 4.33. The Morgan fingerprint density at radius 2 is 2.05 bits per heavy atom. The number of carbonyl (C=O) groups is 1. The highest BCUT2D eigenvalue weighted by Gasteiger charge is 2.19. The summed E-state index contributed by atoms with van der Waals surface area (Å²) in [6.07, 6.45) is 1.28. The zero-order chi connectivity index (χ0) is 15.2. The predicted octanol–water partition coefficient (Wildman–Crippen LogP) is 2.59. The van der Waals surface area contributed by atoms with Crippen molar-refractivity contribution in [1.29, 1.82) is 0 Å². The number of thiophene rings is 1. The molecule has 1 heterocycles. The largest absolute Gasteiger partial charge is 0.508 e. The summed E-state index contributed by atoms with van der Waals surface area (Å²) in [7, 11) is 0. The van der Waals surface area contributed by atoms with E-state index in [-0.39, 0.29) is 17.7 Å². The van der Waals surface area contributed by atoms with Gasteiger partial charge in [0.1, 0.15) is 5.75 Å². The SMILES string of the molecule is CCC(NC(=O)C(N)Cc1ccc(O)cc1)c1cccs1. The van der Waals surface area contributed by atoms with E-state index in [0.29, 0.717) is 6.42 Å². The van der Waals surface area contributed by atoms with Crippen molar-refractivity contribution in [2.45, 2.75) is 31.8 Å². The summed E-state index contributed by atoms with van der Waals surface area (Å²) in [5.41, 5.74) is 6.90. The molecule has 0 saturated carbocycles. The Labute approximate surface area is 128 Å². The molecule has 4 nitrogen and oxygen atoms in total. The number of phenolic OH excluding ortho intramolecular Hbond substituents is 1. The lowest BCUT2D eigenvalue weighted by atomic mass is 10.1. The number of benzene rings is 1. The predicted molar refractivity (Wildman–Crippen MR) is 85.3 cm³/mol. The average molecular weight is 304 g/mol. The van der Waals surface area contributed by atoms with E-state index in [1.54, 1.807) is 35.6 Å². The summed E-state index contributed by atoms with van der Waals surface area (Å²) in [6.45, 7) is 2.04. The third-order valence-electron chi connectivity index (χ3n) is 3.34. The normalized spacial score (nSPS) is 13.6. The molecule has 21 heavy (non-hydrogen) atoms. The topological polar surface area (TPSA) is 75.4 Å². The number of nitrogens with one attached hydrogen (secondary N) is 1. The van der Waals surface area contributed by atoms with Crippen LogP contribution in [0.5, 0.6) is 5.75 Å². The molecule has 1 aromatic heterocycles. The first kappa shape index (κ1) is 15.5. The highest BCUT2D eigenvalue weighted by molar-refractivity contribution is 7.10. The first-order valence-electron chi connectivity index (χ1n) is 6.97. The van der Waals surface area contributed by atoms with Gasteiger partial charge in [0.2, 0.25) is 5.91 Å². The Morgan fingerprint density at radius 3 is 2.62 bits per heavy atom. The Bertz CT molecular complexity index is 566. The van der Waals surface area contributed by atoms with E-state index in [9.17, 15) is 9.90 Å². The highest BCUT2D eigenvalue weighted by Crippen LogP contribution is 2.21. The summed E-state index contributed by atoms with van der Waals surface area (Å²) in [6, 6.07) is 10.2. The maximum absolute atomic E-state index is 12.2. The van der Waals surface area contributed by atoms with Gasteiger partial charge in [0.15, 0.2) is 0 Å². The monoisotopic (exact) mass is 304 g/mol. The van der Waals surface area contributed by atoms with Crippen LogP contribution in [0.1, 0.15) is 29.8 Å². The second-order valence-electron chi connectivity index (χ2n) is 4.96. The molecule has 0 saturated heterocycles. The maximum Gasteiger partial charge on any atom is 0.237 e. The van der Waals surface area contributed by atoms with E-state index >= 15 is 0 Å². The van der Waals surface area contributed by atoms with Gasteiger partial charge in [-0.15, -0.1) is 11.3 Å². The molecule has 0 fully saturated rings. The maximum atomic E-state index is 12.2. The Morgan fingerprint density at radius 1 is 1.33 bits per heavy atom. The molecule has 2 rings (SSSR count). The summed E-state index contributed by atoms with van der Waals surface area (Å²) in [5, 5.41) is 14.2. The molecular formula is C16H20N2O2S. The number of aromatic hydroxyl groups is 1. The van der Waals surface area contributed by atoms with Crippen molar-refractivity contribution in [3.63, 3.8) is 0 Å². The van der Waals surface area contributed by atoms with Gasteiger partial charge in [0.05, 0.1) is 12.1 Å². The molecule has 0 aliphatic carbocycles. The first-order chi connectivity index (χ1) is 10.1. The number of carbonyl (C=O) groups excluding carboxylic acids is 1. The molecule has 1 aromatic carbocycles. The van der Waals surface area contributed by atoms with Crippen LogP contribution in [0.25, 0.3) is 0 Å². The number of rotatable bonds is 6. The number of nitrogens with two attached hydrogens (primary N) is 1. The van der Waals surface area contributed by atoms with Crippen LogP contribution in [0.15, 0.2) is 41.8 Å². The fourth-order valence-corrected chi connectivity index (χ4v) is 2.98. The molecule has 112 valence electrons. The van der Waals surface area contributed by atoms with Gasteiger partial charge in [0.25, 0.3) is 0 Å². The van der Waals surface area contributed by atoms with Crippen LogP contribution in [0.2, 0.25) is 0 Å². The molecule has 2 atom stereocenters. The van der Waals surface area contributed by atoms with Crippen molar-refractivity contribution < 1.29 is 9.90 Å². The van der Waals surface area contributed by atoms with E-state index < -0.39 is 6.04 Å². The van der Waals surface area contributed by atoms with Crippen molar-refractivity contribution in [3.8, 4) is 5.75 Å². The van der Waals surface area contributed by atoms with Crippen LogP contribution >= 0.6 is 11.3 Å². The fourth-order valence-electron chi connectivity index (χ4n) is 2.12. The van der Waals surface area contributed by atoms with Gasteiger partial charge in [-0.05, 0) is 42.0 Å². The van der Waals surface area contributed by atoms with E-state index in [4.69, 9.17) is 5.73 Å². The number of amides is 1. The molecule has 0 radical (unpaired) electrons. The van der Waals surface area contributed by atoms with Crippen LogP contribution in [-0.4, -0.2) is 17.1 Å². The minimum absolute atomic E-state index is 0.0170. The van der Waals surface area contributed by atoms with Crippen LogP contribution in [-0.2, 0) is 11.2 Å². The molecule has 4 N–H and O–H groups in total. The standard InChI is InChI=1S/C16H20N2O2S/c1-2-14(15-4-3-9-21-15)18-16(20)13(17)10-11-5-7-12(19)8-6-11/h3-9,13-14,19H,2,10,17H2,1H3,(H,18,20). The average Bonchev–Trinajstić information content (AvgIpc) is 3.01. The molecule has 1 amide bonds. The molecule has 0 aliphatic heterocycles. The number of hydrogen-bond donors (Lipinski definition) is 3. The number of hydrogen-bond acceptors (Lipinski definition) is 4. The second-order valence-corrected chi connectivity index (χ2v) is 5.94. The Kier molecular flexibility index (Phi) is 5.36. The third kappa shape index (κ3) is 4.31. The summed E-state index contributed by atoms with van der Waals surface area (Å²) < 4.78 is 0. The van der Waals surface area contributed by atoms with E-state index in [1.165, 1.54) is 0 Å². The molecule has 0 spiro atoms. The Hall–Kier alpha value is -1.85. The van der Waals surface area contributed by atoms with Crippen molar-refractivity contribution in [3.05, 3.63) is 52.2 Å². The fraction of sp³-hybridized carbons (Fsp3) is 0.312. The smallest absolute Gasteiger partial charge is 0.237 e. The molecular weight excluding hydrogens is 284 g/mol. The Balaban J connectivity index is 1.94. The lowest BCUT2D eigenvalue weighted by molar-refractivity contribution is -0.123. The zero-order valence-electron chi connectivity index (χ0n) is 12.0. The molecule has 5 heteroatoms. The van der Waals surface area contributed by atoms with Crippen molar-refractivity contribution in [2.24, 2.45) is 5.73 Å². The van der Waals surface area contributed by atoms with Crippen LogP contribution in [0.4, 0.5) is 0 Å². The van der Waals surface area contributed by atoms with Crippen LogP contribution in [0, 0.1) is 0 Å². The van der Waals surface area contributed by atoms with Gasteiger partial charge >= 0.3 is 0 Å². The minimum atomic E-state index is -0.594. The molecule has 2 unspecified atom stereocenters.